The molecule has 0 saturated heterocycles. The van der Waals surface area contributed by atoms with Crippen molar-refractivity contribution in [3.8, 4) is 0 Å². The van der Waals surface area contributed by atoms with Gasteiger partial charge >= 0.3 is 0 Å². The van der Waals surface area contributed by atoms with Gasteiger partial charge < -0.3 is 5.32 Å². The monoisotopic (exact) mass is 305 g/mol. The van der Waals surface area contributed by atoms with Crippen molar-refractivity contribution >= 4 is 22.7 Å². The van der Waals surface area contributed by atoms with Crippen LogP contribution in [-0.2, 0) is 13.1 Å². The molecule has 0 fully saturated rings. The first-order valence-electron chi connectivity index (χ1n) is 8.01. The topological polar surface area (TPSA) is 29.9 Å². The lowest BCUT2D eigenvalue weighted by Gasteiger charge is -2.03. The number of unbranched alkanes of at least 4 members (excludes halogenated alkanes) is 3. The molecule has 0 aliphatic heterocycles. The molecule has 2 aromatic rings. The minimum atomic E-state index is 0.873. The second-order valence-electron chi connectivity index (χ2n) is 5.36. The molecular weight excluding hydrogens is 278 g/mol. The zero-order valence-corrected chi connectivity index (χ0v) is 14.1. The average Bonchev–Trinajstić information content (AvgIpc) is 2.88. The number of para-hydroxylation sites is 1. The second kappa shape index (κ2) is 9.11. The van der Waals surface area contributed by atoms with Crippen molar-refractivity contribution in [1.82, 2.24) is 15.1 Å². The lowest BCUT2D eigenvalue weighted by atomic mass is 10.2. The van der Waals surface area contributed by atoms with E-state index in [1.54, 1.807) is 0 Å². The number of fused-ring (bicyclic) bond motifs is 1. The molecule has 1 N–H and O–H groups in total. The van der Waals surface area contributed by atoms with E-state index in [-0.39, 0.29) is 0 Å². The Morgan fingerprint density at radius 3 is 2.76 bits per heavy atom. The van der Waals surface area contributed by atoms with Crippen molar-refractivity contribution in [1.29, 1.82) is 0 Å². The number of hydrogen-bond donors (Lipinski definition) is 1. The molecule has 1 heterocycles. The molecule has 2 rings (SSSR count). The van der Waals surface area contributed by atoms with Gasteiger partial charge in [-0.3, -0.25) is 4.68 Å². The maximum atomic E-state index is 4.72. The third-order valence-corrected chi connectivity index (χ3v) is 4.48. The van der Waals surface area contributed by atoms with Crippen LogP contribution in [0.5, 0.6) is 0 Å². The highest BCUT2D eigenvalue weighted by molar-refractivity contribution is 7.98. The zero-order valence-electron chi connectivity index (χ0n) is 13.3. The van der Waals surface area contributed by atoms with E-state index in [9.17, 15) is 0 Å². The number of aromatic nitrogens is 2. The SMILES string of the molecule is CCn1nc(CNCCCCCCSC)c2ccccc21. The van der Waals surface area contributed by atoms with Crippen molar-refractivity contribution in [3.63, 3.8) is 0 Å². The predicted octanol–water partition coefficient (Wildman–Crippen LogP) is 4.07. The third kappa shape index (κ3) is 4.75. The highest BCUT2D eigenvalue weighted by Crippen LogP contribution is 2.18. The molecule has 0 spiro atoms. The molecular formula is C17H27N3S. The predicted molar refractivity (Wildman–Crippen MR) is 94.0 cm³/mol. The first-order valence-corrected chi connectivity index (χ1v) is 9.40. The quantitative estimate of drug-likeness (QED) is 0.671. The number of hydrogen-bond acceptors (Lipinski definition) is 3. The third-order valence-electron chi connectivity index (χ3n) is 3.78. The van der Waals surface area contributed by atoms with Gasteiger partial charge in [0.25, 0.3) is 0 Å². The fraction of sp³-hybridized carbons (Fsp3) is 0.588. The van der Waals surface area contributed by atoms with Gasteiger partial charge in [0.05, 0.1) is 11.2 Å². The molecule has 116 valence electrons. The second-order valence-corrected chi connectivity index (χ2v) is 6.35. The van der Waals surface area contributed by atoms with E-state index in [2.05, 4.69) is 47.4 Å². The molecule has 0 atom stereocenters. The van der Waals surface area contributed by atoms with E-state index in [0.717, 1.165) is 19.6 Å². The van der Waals surface area contributed by atoms with E-state index in [1.807, 2.05) is 11.8 Å². The van der Waals surface area contributed by atoms with Crippen LogP contribution in [0.2, 0.25) is 0 Å². The van der Waals surface area contributed by atoms with Gasteiger partial charge in [0.15, 0.2) is 0 Å². The van der Waals surface area contributed by atoms with Crippen molar-refractivity contribution in [2.24, 2.45) is 0 Å². The first kappa shape index (κ1) is 16.4. The summed E-state index contributed by atoms with van der Waals surface area (Å²) < 4.78 is 2.09. The van der Waals surface area contributed by atoms with Crippen LogP contribution in [0, 0.1) is 0 Å². The van der Waals surface area contributed by atoms with Crippen LogP contribution in [-0.4, -0.2) is 28.3 Å². The van der Waals surface area contributed by atoms with Gasteiger partial charge in [0.1, 0.15) is 0 Å². The van der Waals surface area contributed by atoms with Crippen LogP contribution in [0.15, 0.2) is 24.3 Å². The van der Waals surface area contributed by atoms with Crippen LogP contribution in [0.4, 0.5) is 0 Å². The van der Waals surface area contributed by atoms with Crippen LogP contribution in [0.25, 0.3) is 10.9 Å². The van der Waals surface area contributed by atoms with E-state index in [1.165, 1.54) is 48.0 Å². The van der Waals surface area contributed by atoms with Crippen LogP contribution in [0.1, 0.15) is 38.3 Å². The van der Waals surface area contributed by atoms with Gasteiger partial charge in [-0.25, -0.2) is 0 Å². The molecule has 3 nitrogen and oxygen atoms in total. The summed E-state index contributed by atoms with van der Waals surface area (Å²) in [6, 6.07) is 8.51. The summed E-state index contributed by atoms with van der Waals surface area (Å²) in [6.45, 7) is 5.03. The fourth-order valence-corrected chi connectivity index (χ4v) is 3.12. The zero-order chi connectivity index (χ0) is 14.9. The van der Waals surface area contributed by atoms with E-state index in [4.69, 9.17) is 5.10 Å². The largest absolute Gasteiger partial charge is 0.311 e. The van der Waals surface area contributed by atoms with E-state index in [0.29, 0.717) is 0 Å². The summed E-state index contributed by atoms with van der Waals surface area (Å²) in [7, 11) is 0. The van der Waals surface area contributed by atoms with Crippen LogP contribution in [0.3, 0.4) is 0 Å². The van der Waals surface area contributed by atoms with Gasteiger partial charge in [0.2, 0.25) is 0 Å². The Balaban J connectivity index is 1.76. The van der Waals surface area contributed by atoms with Crippen molar-refractivity contribution in [2.75, 3.05) is 18.6 Å². The molecule has 0 aliphatic rings. The first-order chi connectivity index (χ1) is 10.4. The number of nitrogens with zero attached hydrogens (tertiary/aromatic N) is 2. The molecule has 0 aliphatic carbocycles. The maximum Gasteiger partial charge on any atom is 0.0841 e. The van der Waals surface area contributed by atoms with Gasteiger partial charge in [0, 0.05) is 18.5 Å². The number of rotatable bonds is 10. The van der Waals surface area contributed by atoms with Crippen LogP contribution >= 0.6 is 11.8 Å². The standard InChI is InChI=1S/C17H27N3S/c1-3-20-17-11-7-6-10-15(17)16(19-20)14-18-12-8-4-5-9-13-21-2/h6-7,10-11,18H,3-5,8-9,12-14H2,1-2H3. The number of benzene rings is 1. The Labute approximate surface area is 132 Å². The molecule has 0 amide bonds. The van der Waals surface area contributed by atoms with Gasteiger partial charge in [-0.2, -0.15) is 16.9 Å². The van der Waals surface area contributed by atoms with Crippen molar-refractivity contribution in [2.45, 2.75) is 45.7 Å². The van der Waals surface area contributed by atoms with Crippen LogP contribution < -0.4 is 5.32 Å². The molecule has 0 saturated carbocycles. The summed E-state index contributed by atoms with van der Waals surface area (Å²) in [5.41, 5.74) is 2.42. The van der Waals surface area contributed by atoms with E-state index < -0.39 is 0 Å². The van der Waals surface area contributed by atoms with Gasteiger partial charge in [-0.1, -0.05) is 31.0 Å². The smallest absolute Gasteiger partial charge is 0.0841 e. The Morgan fingerprint density at radius 1 is 1.14 bits per heavy atom. The molecule has 1 aromatic carbocycles. The number of thioether (sulfide) groups is 1. The Morgan fingerprint density at radius 2 is 1.95 bits per heavy atom. The minimum absolute atomic E-state index is 0.873. The maximum absolute atomic E-state index is 4.72. The summed E-state index contributed by atoms with van der Waals surface area (Å²) >= 11 is 1.95. The number of nitrogens with one attached hydrogen (secondary N) is 1. The summed E-state index contributed by atoms with van der Waals surface area (Å²) in [5, 5.41) is 9.54. The summed E-state index contributed by atoms with van der Waals surface area (Å²) in [4.78, 5) is 0. The van der Waals surface area contributed by atoms with Gasteiger partial charge in [-0.05, 0) is 44.4 Å². The van der Waals surface area contributed by atoms with Gasteiger partial charge in [-0.15, -0.1) is 0 Å². The molecule has 0 unspecified atom stereocenters. The average molecular weight is 305 g/mol. The lowest BCUT2D eigenvalue weighted by molar-refractivity contribution is 0.586. The Kier molecular flexibility index (Phi) is 7.10. The Bertz CT molecular complexity index is 536. The molecule has 1 aromatic heterocycles. The van der Waals surface area contributed by atoms with E-state index >= 15 is 0 Å². The molecule has 4 heteroatoms. The summed E-state index contributed by atoms with van der Waals surface area (Å²) in [6.07, 6.45) is 7.49. The van der Waals surface area contributed by atoms with Crippen molar-refractivity contribution in [3.05, 3.63) is 30.0 Å². The molecule has 0 radical (unpaired) electrons. The number of aryl methyl sites for hydroxylation is 1. The minimum Gasteiger partial charge on any atom is -0.311 e. The lowest BCUT2D eigenvalue weighted by Crippen LogP contribution is -2.15. The molecule has 21 heavy (non-hydrogen) atoms. The Hall–Kier alpha value is -1.00. The summed E-state index contributed by atoms with van der Waals surface area (Å²) in [5.74, 6) is 1.30. The molecule has 0 bridgehead atoms. The van der Waals surface area contributed by atoms with Crippen molar-refractivity contribution < 1.29 is 0 Å². The highest BCUT2D eigenvalue weighted by atomic mass is 32.2. The fourth-order valence-electron chi connectivity index (χ4n) is 2.62. The normalized spacial score (nSPS) is 11.3. The highest BCUT2D eigenvalue weighted by Gasteiger charge is 2.07.